The van der Waals surface area contributed by atoms with Gasteiger partial charge in [-0.15, -0.1) is 0 Å². The molecule has 0 bridgehead atoms. The van der Waals surface area contributed by atoms with Gasteiger partial charge in [-0.05, 0) is 29.8 Å². The molecule has 0 aliphatic carbocycles. The number of anilines is 1. The Balaban J connectivity index is 2.17. The van der Waals surface area contributed by atoms with Crippen LogP contribution in [0.3, 0.4) is 0 Å². The van der Waals surface area contributed by atoms with Crippen LogP contribution in [0.15, 0.2) is 30.3 Å². The lowest BCUT2D eigenvalue weighted by Crippen LogP contribution is -2.01. The molecule has 0 heterocycles. The maximum absolute atomic E-state index is 13.1. The summed E-state index contributed by atoms with van der Waals surface area (Å²) in [6.45, 7) is 0.404. The molecule has 2 aromatic rings. The first-order valence-corrected chi connectivity index (χ1v) is 6.51. The zero-order valence-electron chi connectivity index (χ0n) is 10.6. The molecule has 0 spiro atoms. The number of methoxy groups -OCH3 is 1. The second-order valence-electron chi connectivity index (χ2n) is 4.10. The lowest BCUT2D eigenvalue weighted by molar-refractivity contribution is 0.373. The molecular weight excluding hydrogens is 304 g/mol. The zero-order chi connectivity index (χ0) is 14.7. The highest BCUT2D eigenvalue weighted by molar-refractivity contribution is 6.39. The molecule has 3 nitrogen and oxygen atoms in total. The molecule has 0 aliphatic heterocycles. The number of aromatic hydroxyl groups is 1. The van der Waals surface area contributed by atoms with Crippen molar-refractivity contribution in [3.05, 3.63) is 51.8 Å². The largest absolute Gasteiger partial charge is 0.504 e. The number of hydrogen-bond acceptors (Lipinski definition) is 3. The van der Waals surface area contributed by atoms with Crippen LogP contribution in [0.25, 0.3) is 0 Å². The zero-order valence-corrected chi connectivity index (χ0v) is 12.1. The van der Waals surface area contributed by atoms with Crippen molar-refractivity contribution in [2.75, 3.05) is 12.4 Å². The van der Waals surface area contributed by atoms with Crippen LogP contribution in [-0.4, -0.2) is 12.2 Å². The predicted octanol–water partition coefficient (Wildman–Crippen LogP) is 4.46. The summed E-state index contributed by atoms with van der Waals surface area (Å²) < 4.78 is 18.1. The molecule has 0 fully saturated rings. The molecule has 2 aromatic carbocycles. The lowest BCUT2D eigenvalue weighted by Gasteiger charge is -2.12. The van der Waals surface area contributed by atoms with E-state index in [1.165, 1.54) is 25.3 Å². The van der Waals surface area contributed by atoms with E-state index in [0.29, 0.717) is 18.0 Å². The Kier molecular flexibility index (Phi) is 4.57. The number of ether oxygens (including phenoxy) is 1. The Morgan fingerprint density at radius 3 is 2.45 bits per heavy atom. The van der Waals surface area contributed by atoms with E-state index in [1.807, 2.05) is 0 Å². The summed E-state index contributed by atoms with van der Waals surface area (Å²) in [4.78, 5) is 0. The van der Waals surface area contributed by atoms with Crippen LogP contribution in [0, 0.1) is 5.82 Å². The normalized spacial score (nSPS) is 10.4. The van der Waals surface area contributed by atoms with Gasteiger partial charge in [0.1, 0.15) is 5.82 Å². The molecule has 0 saturated carbocycles. The van der Waals surface area contributed by atoms with Gasteiger partial charge in [0, 0.05) is 6.54 Å². The van der Waals surface area contributed by atoms with Gasteiger partial charge in [-0.3, -0.25) is 0 Å². The highest BCUT2D eigenvalue weighted by Crippen LogP contribution is 2.32. The van der Waals surface area contributed by atoms with Crippen molar-refractivity contribution >= 4 is 28.9 Å². The highest BCUT2D eigenvalue weighted by atomic mass is 35.5. The van der Waals surface area contributed by atoms with Crippen LogP contribution < -0.4 is 10.1 Å². The Bertz CT molecular complexity index is 612. The average molecular weight is 316 g/mol. The van der Waals surface area contributed by atoms with Gasteiger partial charge < -0.3 is 15.2 Å². The van der Waals surface area contributed by atoms with Crippen molar-refractivity contribution in [3.8, 4) is 11.5 Å². The van der Waals surface area contributed by atoms with Crippen LogP contribution in [0.5, 0.6) is 11.5 Å². The summed E-state index contributed by atoms with van der Waals surface area (Å²) in [6, 6.07) is 7.33. The van der Waals surface area contributed by atoms with E-state index in [2.05, 4.69) is 5.32 Å². The van der Waals surface area contributed by atoms with Crippen LogP contribution >= 0.6 is 23.2 Å². The summed E-state index contributed by atoms with van der Waals surface area (Å²) >= 11 is 11.9. The molecule has 0 aromatic heterocycles. The number of rotatable bonds is 4. The monoisotopic (exact) mass is 315 g/mol. The fourth-order valence-electron chi connectivity index (χ4n) is 1.73. The average Bonchev–Trinajstić information content (AvgIpc) is 2.39. The lowest BCUT2D eigenvalue weighted by atomic mass is 10.2. The second-order valence-corrected chi connectivity index (χ2v) is 4.92. The van der Waals surface area contributed by atoms with Gasteiger partial charge >= 0.3 is 0 Å². The SMILES string of the molecule is COc1cc(CNc2c(Cl)cc(F)cc2Cl)ccc1O. The van der Waals surface area contributed by atoms with E-state index in [4.69, 9.17) is 27.9 Å². The van der Waals surface area contributed by atoms with Gasteiger partial charge in [0.05, 0.1) is 22.8 Å². The first-order chi connectivity index (χ1) is 9.51. The summed E-state index contributed by atoms with van der Waals surface area (Å²) in [5, 5.41) is 13.0. The Hall–Kier alpha value is -1.65. The van der Waals surface area contributed by atoms with Crippen molar-refractivity contribution in [2.24, 2.45) is 0 Å². The van der Waals surface area contributed by atoms with Crippen LogP contribution in [0.1, 0.15) is 5.56 Å². The van der Waals surface area contributed by atoms with Gasteiger partial charge in [-0.25, -0.2) is 4.39 Å². The smallest absolute Gasteiger partial charge is 0.160 e. The van der Waals surface area contributed by atoms with Crippen molar-refractivity contribution in [2.45, 2.75) is 6.54 Å². The second kappa shape index (κ2) is 6.20. The number of halogens is 3. The third kappa shape index (κ3) is 3.26. The van der Waals surface area contributed by atoms with Crippen molar-refractivity contribution in [3.63, 3.8) is 0 Å². The van der Waals surface area contributed by atoms with Gasteiger partial charge in [-0.2, -0.15) is 0 Å². The third-order valence-corrected chi connectivity index (χ3v) is 3.32. The molecular formula is C14H12Cl2FNO2. The molecule has 6 heteroatoms. The third-order valence-electron chi connectivity index (χ3n) is 2.72. The molecule has 106 valence electrons. The highest BCUT2D eigenvalue weighted by Gasteiger charge is 2.09. The molecule has 0 amide bonds. The standard InChI is InChI=1S/C14H12Cl2FNO2/c1-20-13-4-8(2-3-12(13)19)7-18-14-10(15)5-9(17)6-11(14)16/h2-6,18-19H,7H2,1H3. The van der Waals surface area contributed by atoms with E-state index >= 15 is 0 Å². The van der Waals surface area contributed by atoms with Crippen molar-refractivity contribution in [1.82, 2.24) is 0 Å². The van der Waals surface area contributed by atoms with Crippen LogP contribution in [0.2, 0.25) is 10.0 Å². The van der Waals surface area contributed by atoms with Crippen molar-refractivity contribution in [1.29, 1.82) is 0 Å². The molecule has 0 unspecified atom stereocenters. The first kappa shape index (κ1) is 14.8. The molecule has 0 atom stereocenters. The summed E-state index contributed by atoms with van der Waals surface area (Å²) in [6.07, 6.45) is 0. The minimum absolute atomic E-state index is 0.0640. The molecule has 0 aliphatic rings. The number of phenols is 1. The predicted molar refractivity (Wildman–Crippen MR) is 78.4 cm³/mol. The van der Waals surface area contributed by atoms with Gasteiger partial charge in [-0.1, -0.05) is 29.3 Å². The Morgan fingerprint density at radius 2 is 1.85 bits per heavy atom. The molecule has 2 N–H and O–H groups in total. The minimum atomic E-state index is -0.489. The van der Waals surface area contributed by atoms with E-state index in [-0.39, 0.29) is 15.8 Å². The van der Waals surface area contributed by atoms with E-state index in [0.717, 1.165) is 5.56 Å². The van der Waals surface area contributed by atoms with Gasteiger partial charge in [0.2, 0.25) is 0 Å². The fraction of sp³-hybridized carbons (Fsp3) is 0.143. The number of benzene rings is 2. The van der Waals surface area contributed by atoms with E-state index < -0.39 is 5.82 Å². The molecule has 2 rings (SSSR count). The topological polar surface area (TPSA) is 41.5 Å². The maximum atomic E-state index is 13.1. The maximum Gasteiger partial charge on any atom is 0.160 e. The molecule has 20 heavy (non-hydrogen) atoms. The summed E-state index contributed by atoms with van der Waals surface area (Å²) in [7, 11) is 1.47. The summed E-state index contributed by atoms with van der Waals surface area (Å²) in [5.41, 5.74) is 1.32. The number of nitrogens with one attached hydrogen (secondary N) is 1. The van der Waals surface area contributed by atoms with Gasteiger partial charge in [0.15, 0.2) is 11.5 Å². The van der Waals surface area contributed by atoms with E-state index in [1.54, 1.807) is 12.1 Å². The number of phenolic OH excluding ortho intramolecular Hbond substituents is 1. The minimum Gasteiger partial charge on any atom is -0.504 e. The quantitative estimate of drug-likeness (QED) is 0.875. The Labute approximate surface area is 125 Å². The number of hydrogen-bond donors (Lipinski definition) is 2. The van der Waals surface area contributed by atoms with Crippen molar-refractivity contribution < 1.29 is 14.2 Å². The van der Waals surface area contributed by atoms with Crippen LogP contribution in [-0.2, 0) is 6.54 Å². The first-order valence-electron chi connectivity index (χ1n) is 5.75. The van der Waals surface area contributed by atoms with Gasteiger partial charge in [0.25, 0.3) is 0 Å². The van der Waals surface area contributed by atoms with E-state index in [9.17, 15) is 9.50 Å². The fourth-order valence-corrected chi connectivity index (χ4v) is 2.33. The Morgan fingerprint density at radius 1 is 1.20 bits per heavy atom. The van der Waals surface area contributed by atoms with Crippen LogP contribution in [0.4, 0.5) is 10.1 Å². The molecule has 0 radical (unpaired) electrons. The summed E-state index contributed by atoms with van der Waals surface area (Å²) in [5.74, 6) is -0.0495. The molecule has 0 saturated heterocycles.